The predicted molar refractivity (Wildman–Crippen MR) is 104 cm³/mol. The van der Waals surface area contributed by atoms with Gasteiger partial charge in [-0.15, -0.1) is 0 Å². The number of benzene rings is 1. The van der Waals surface area contributed by atoms with Crippen LogP contribution in [0.15, 0.2) is 28.7 Å². The fourth-order valence-corrected chi connectivity index (χ4v) is 3.44. The van der Waals surface area contributed by atoms with Crippen molar-refractivity contribution in [2.45, 2.75) is 26.3 Å². The van der Waals surface area contributed by atoms with E-state index in [4.69, 9.17) is 13.9 Å². The third-order valence-corrected chi connectivity index (χ3v) is 4.99. The van der Waals surface area contributed by atoms with Crippen LogP contribution in [0.4, 0.5) is 0 Å². The molecule has 0 fully saturated rings. The number of aryl methyl sites for hydroxylation is 1. The highest BCUT2D eigenvalue weighted by Crippen LogP contribution is 2.34. The fraction of sp³-hybridized carbons (Fsp3) is 0.476. The van der Waals surface area contributed by atoms with Crippen molar-refractivity contribution in [2.75, 3.05) is 40.9 Å². The molecular weight excluding hydrogens is 344 g/mol. The number of amides is 1. The maximum atomic E-state index is 12.7. The number of carbonyl (C=O) groups excluding carboxylic acids is 1. The monoisotopic (exact) mass is 372 g/mol. The molecule has 2 heterocycles. The first kappa shape index (κ1) is 19.3. The molecule has 1 amide bonds. The van der Waals surface area contributed by atoms with Crippen molar-refractivity contribution in [2.24, 2.45) is 0 Å². The summed E-state index contributed by atoms with van der Waals surface area (Å²) in [5.74, 6) is 3.30. The van der Waals surface area contributed by atoms with E-state index >= 15 is 0 Å². The normalized spacial score (nSPS) is 13.4. The van der Waals surface area contributed by atoms with E-state index in [-0.39, 0.29) is 5.91 Å². The molecule has 0 bridgehead atoms. The average molecular weight is 372 g/mol. The number of hydrogen-bond acceptors (Lipinski definition) is 5. The SMILES string of the molecule is COc1cc2c(cc1OC)C(=O)N(CCCN(C)CCc1ccc(C)o1)C2. The van der Waals surface area contributed by atoms with Crippen LogP contribution in [0.3, 0.4) is 0 Å². The fourth-order valence-electron chi connectivity index (χ4n) is 3.44. The summed E-state index contributed by atoms with van der Waals surface area (Å²) in [5.41, 5.74) is 1.72. The van der Waals surface area contributed by atoms with Crippen LogP contribution in [-0.2, 0) is 13.0 Å². The molecule has 0 N–H and O–H groups in total. The van der Waals surface area contributed by atoms with Crippen LogP contribution in [0.25, 0.3) is 0 Å². The Hall–Kier alpha value is -2.47. The number of hydrogen-bond donors (Lipinski definition) is 0. The van der Waals surface area contributed by atoms with Gasteiger partial charge in [0, 0.05) is 31.6 Å². The Morgan fingerprint density at radius 3 is 2.56 bits per heavy atom. The molecule has 1 aromatic heterocycles. The van der Waals surface area contributed by atoms with Gasteiger partial charge >= 0.3 is 0 Å². The zero-order valence-electron chi connectivity index (χ0n) is 16.6. The number of methoxy groups -OCH3 is 2. The molecule has 146 valence electrons. The van der Waals surface area contributed by atoms with E-state index in [1.54, 1.807) is 20.3 Å². The largest absolute Gasteiger partial charge is 0.493 e. The highest BCUT2D eigenvalue weighted by atomic mass is 16.5. The molecule has 0 atom stereocenters. The summed E-state index contributed by atoms with van der Waals surface area (Å²) in [4.78, 5) is 16.8. The lowest BCUT2D eigenvalue weighted by Crippen LogP contribution is -2.29. The Morgan fingerprint density at radius 1 is 1.15 bits per heavy atom. The second kappa shape index (κ2) is 8.48. The topological polar surface area (TPSA) is 55.2 Å². The molecule has 1 aromatic carbocycles. The minimum atomic E-state index is 0.0691. The van der Waals surface area contributed by atoms with Gasteiger partial charge < -0.3 is 23.7 Å². The third-order valence-electron chi connectivity index (χ3n) is 4.99. The lowest BCUT2D eigenvalue weighted by molar-refractivity contribution is 0.0772. The van der Waals surface area contributed by atoms with E-state index in [1.165, 1.54) is 0 Å². The first-order valence-electron chi connectivity index (χ1n) is 9.30. The summed E-state index contributed by atoms with van der Waals surface area (Å²) in [6.45, 7) is 5.21. The standard InChI is InChI=1S/C21H28N2O4/c1-15-6-7-17(27-15)8-11-22(2)9-5-10-23-14-16-12-19(25-3)20(26-4)13-18(16)21(23)24/h6-7,12-13H,5,8-11,14H2,1-4H3. The number of ether oxygens (including phenoxy) is 2. The lowest BCUT2D eigenvalue weighted by atomic mass is 10.1. The number of fused-ring (bicyclic) bond motifs is 1. The molecule has 1 aliphatic heterocycles. The highest BCUT2D eigenvalue weighted by Gasteiger charge is 2.29. The van der Waals surface area contributed by atoms with Gasteiger partial charge in [0.05, 0.1) is 14.2 Å². The van der Waals surface area contributed by atoms with Crippen molar-refractivity contribution in [1.82, 2.24) is 9.80 Å². The molecular formula is C21H28N2O4. The van der Waals surface area contributed by atoms with Gasteiger partial charge in [0.1, 0.15) is 11.5 Å². The average Bonchev–Trinajstić information content (AvgIpc) is 3.22. The van der Waals surface area contributed by atoms with Crippen molar-refractivity contribution in [3.8, 4) is 11.5 Å². The number of rotatable bonds is 9. The highest BCUT2D eigenvalue weighted by molar-refractivity contribution is 5.99. The molecule has 0 saturated carbocycles. The Kier molecular flexibility index (Phi) is 6.06. The zero-order valence-corrected chi connectivity index (χ0v) is 16.6. The van der Waals surface area contributed by atoms with Gasteiger partial charge in [0.15, 0.2) is 11.5 Å². The van der Waals surface area contributed by atoms with Crippen LogP contribution in [0, 0.1) is 6.92 Å². The minimum absolute atomic E-state index is 0.0691. The van der Waals surface area contributed by atoms with Crippen molar-refractivity contribution in [3.05, 3.63) is 46.9 Å². The quantitative estimate of drug-likeness (QED) is 0.677. The number of nitrogens with zero attached hydrogens (tertiary/aromatic N) is 2. The van der Waals surface area contributed by atoms with Gasteiger partial charge in [0.25, 0.3) is 5.91 Å². The first-order chi connectivity index (χ1) is 13.0. The zero-order chi connectivity index (χ0) is 19.4. The van der Waals surface area contributed by atoms with Gasteiger partial charge in [-0.05, 0) is 56.8 Å². The second-order valence-corrected chi connectivity index (χ2v) is 7.01. The van der Waals surface area contributed by atoms with Gasteiger partial charge in [-0.25, -0.2) is 0 Å². The summed E-state index contributed by atoms with van der Waals surface area (Å²) in [7, 11) is 5.30. The Bertz CT molecular complexity index is 799. The third kappa shape index (κ3) is 4.45. The summed E-state index contributed by atoms with van der Waals surface area (Å²) in [5, 5.41) is 0. The Morgan fingerprint density at radius 2 is 1.89 bits per heavy atom. The van der Waals surface area contributed by atoms with Crippen LogP contribution in [0.5, 0.6) is 11.5 Å². The van der Waals surface area contributed by atoms with Gasteiger partial charge in [-0.1, -0.05) is 0 Å². The van der Waals surface area contributed by atoms with Crippen LogP contribution in [-0.4, -0.2) is 56.6 Å². The van der Waals surface area contributed by atoms with E-state index in [1.807, 2.05) is 30.0 Å². The molecule has 6 heteroatoms. The molecule has 3 rings (SSSR count). The van der Waals surface area contributed by atoms with E-state index in [0.29, 0.717) is 23.6 Å². The minimum Gasteiger partial charge on any atom is -0.493 e. The van der Waals surface area contributed by atoms with Gasteiger partial charge in [-0.3, -0.25) is 4.79 Å². The van der Waals surface area contributed by atoms with E-state index < -0.39 is 0 Å². The first-order valence-corrected chi connectivity index (χ1v) is 9.30. The van der Waals surface area contributed by atoms with Crippen LogP contribution in [0.1, 0.15) is 33.9 Å². The smallest absolute Gasteiger partial charge is 0.254 e. The summed E-state index contributed by atoms with van der Waals surface area (Å²) in [6, 6.07) is 7.72. The number of furan rings is 1. The van der Waals surface area contributed by atoms with Crippen LogP contribution in [0.2, 0.25) is 0 Å². The number of carbonyl (C=O) groups is 1. The van der Waals surface area contributed by atoms with E-state index in [0.717, 1.165) is 49.6 Å². The van der Waals surface area contributed by atoms with Gasteiger partial charge in [-0.2, -0.15) is 0 Å². The summed E-state index contributed by atoms with van der Waals surface area (Å²) < 4.78 is 16.3. The molecule has 0 saturated heterocycles. The Labute approximate surface area is 160 Å². The van der Waals surface area contributed by atoms with E-state index in [2.05, 4.69) is 11.9 Å². The van der Waals surface area contributed by atoms with Gasteiger partial charge in [0.2, 0.25) is 0 Å². The maximum absolute atomic E-state index is 12.7. The van der Waals surface area contributed by atoms with Crippen LogP contribution >= 0.6 is 0 Å². The molecule has 1 aliphatic rings. The molecule has 0 spiro atoms. The summed E-state index contributed by atoms with van der Waals surface area (Å²) >= 11 is 0. The second-order valence-electron chi connectivity index (χ2n) is 7.01. The van der Waals surface area contributed by atoms with Crippen molar-refractivity contribution < 1.29 is 18.7 Å². The number of likely N-dealkylation sites (N-methyl/N-ethyl adjacent to an activating group) is 1. The molecule has 0 radical (unpaired) electrons. The molecule has 0 aliphatic carbocycles. The Balaban J connectivity index is 1.48. The van der Waals surface area contributed by atoms with E-state index in [9.17, 15) is 4.79 Å². The lowest BCUT2D eigenvalue weighted by Gasteiger charge is -2.19. The molecule has 27 heavy (non-hydrogen) atoms. The molecule has 2 aromatic rings. The maximum Gasteiger partial charge on any atom is 0.254 e. The van der Waals surface area contributed by atoms with Crippen molar-refractivity contribution >= 4 is 5.91 Å². The molecule has 6 nitrogen and oxygen atoms in total. The predicted octanol–water partition coefficient (Wildman–Crippen LogP) is 3.13. The van der Waals surface area contributed by atoms with Crippen molar-refractivity contribution in [1.29, 1.82) is 0 Å². The van der Waals surface area contributed by atoms with Crippen molar-refractivity contribution in [3.63, 3.8) is 0 Å². The summed E-state index contributed by atoms with van der Waals surface area (Å²) in [6.07, 6.45) is 1.83. The van der Waals surface area contributed by atoms with Crippen LogP contribution < -0.4 is 9.47 Å². The molecule has 0 unspecified atom stereocenters.